The van der Waals surface area contributed by atoms with Crippen LogP contribution in [0.4, 0.5) is 0 Å². The highest BCUT2D eigenvalue weighted by Gasteiger charge is 2.19. The van der Waals surface area contributed by atoms with Gasteiger partial charge < -0.3 is 5.11 Å². The van der Waals surface area contributed by atoms with Crippen molar-refractivity contribution >= 4 is 0 Å². The molecule has 0 aliphatic heterocycles. The van der Waals surface area contributed by atoms with Gasteiger partial charge >= 0.3 is 0 Å². The molecule has 0 aliphatic rings. The Bertz CT molecular complexity index is 391. The molecule has 0 bridgehead atoms. The van der Waals surface area contributed by atoms with Gasteiger partial charge in [0.25, 0.3) is 0 Å². The summed E-state index contributed by atoms with van der Waals surface area (Å²) in [4.78, 5) is 0. The van der Waals surface area contributed by atoms with E-state index in [9.17, 15) is 5.11 Å². The smallest absolute Gasteiger partial charge is 0.122 e. The van der Waals surface area contributed by atoms with Crippen LogP contribution in [0.25, 0.3) is 0 Å². The van der Waals surface area contributed by atoms with E-state index in [4.69, 9.17) is 0 Å². The first-order chi connectivity index (χ1) is 9.62. The molecule has 1 heteroatoms. The van der Waals surface area contributed by atoms with E-state index in [2.05, 4.69) is 34.6 Å². The predicted octanol–water partition coefficient (Wildman–Crippen LogP) is 5.51. The summed E-state index contributed by atoms with van der Waals surface area (Å²) in [6.07, 6.45) is 8.95. The molecule has 1 aromatic rings. The summed E-state index contributed by atoms with van der Waals surface area (Å²) in [6, 6.07) is 0. The largest absolute Gasteiger partial charge is 0.507 e. The molecular weight excluding hydrogens is 244 g/mol. The maximum Gasteiger partial charge on any atom is 0.122 e. The second-order valence-corrected chi connectivity index (χ2v) is 5.89. The van der Waals surface area contributed by atoms with Crippen molar-refractivity contribution in [3.05, 3.63) is 27.8 Å². The normalized spacial score (nSPS) is 11.1. The maximum atomic E-state index is 10.6. The Morgan fingerprint density at radius 2 is 0.950 bits per heavy atom. The van der Waals surface area contributed by atoms with Crippen molar-refractivity contribution in [3.63, 3.8) is 0 Å². The minimum absolute atomic E-state index is 0.582. The van der Waals surface area contributed by atoms with Gasteiger partial charge in [0.15, 0.2) is 0 Å². The Hall–Kier alpha value is -0.980. The maximum absolute atomic E-state index is 10.6. The lowest BCUT2D eigenvalue weighted by Gasteiger charge is -2.23. The van der Waals surface area contributed by atoms with E-state index in [0.29, 0.717) is 5.75 Å². The summed E-state index contributed by atoms with van der Waals surface area (Å²) < 4.78 is 0. The zero-order valence-corrected chi connectivity index (χ0v) is 14.1. The lowest BCUT2D eigenvalue weighted by molar-refractivity contribution is 0.460. The molecule has 0 aromatic heterocycles. The van der Waals surface area contributed by atoms with Crippen molar-refractivity contribution < 1.29 is 5.11 Å². The topological polar surface area (TPSA) is 20.2 Å². The van der Waals surface area contributed by atoms with Crippen molar-refractivity contribution in [1.82, 2.24) is 0 Å². The van der Waals surface area contributed by atoms with Crippen molar-refractivity contribution in [1.29, 1.82) is 0 Å². The first-order valence-electron chi connectivity index (χ1n) is 8.47. The molecular formula is C19H32O. The number of hydrogen-bond acceptors (Lipinski definition) is 1. The average Bonchev–Trinajstić information content (AvgIpc) is 2.44. The molecule has 1 nitrogen and oxygen atoms in total. The lowest BCUT2D eigenvalue weighted by atomic mass is 9.84. The van der Waals surface area contributed by atoms with E-state index in [0.717, 1.165) is 50.5 Å². The zero-order chi connectivity index (χ0) is 15.1. The van der Waals surface area contributed by atoms with Gasteiger partial charge in [0.2, 0.25) is 0 Å². The molecule has 0 atom stereocenters. The van der Waals surface area contributed by atoms with E-state index < -0.39 is 0 Å². The van der Waals surface area contributed by atoms with Gasteiger partial charge in [-0.3, -0.25) is 0 Å². The van der Waals surface area contributed by atoms with Gasteiger partial charge in [-0.15, -0.1) is 0 Å². The van der Waals surface area contributed by atoms with Crippen LogP contribution in [0, 0.1) is 6.92 Å². The van der Waals surface area contributed by atoms with Crippen LogP contribution in [-0.2, 0) is 25.7 Å². The van der Waals surface area contributed by atoms with Crippen molar-refractivity contribution in [3.8, 4) is 5.75 Å². The van der Waals surface area contributed by atoms with E-state index >= 15 is 0 Å². The van der Waals surface area contributed by atoms with Gasteiger partial charge in [0.05, 0.1) is 0 Å². The molecule has 0 aliphatic carbocycles. The number of phenols is 1. The molecule has 1 N–H and O–H groups in total. The average molecular weight is 276 g/mol. The van der Waals surface area contributed by atoms with Crippen molar-refractivity contribution in [2.45, 2.75) is 86.0 Å². The number of hydrogen-bond donors (Lipinski definition) is 1. The summed E-state index contributed by atoms with van der Waals surface area (Å²) >= 11 is 0. The molecule has 20 heavy (non-hydrogen) atoms. The first kappa shape index (κ1) is 17.1. The molecule has 0 amide bonds. The Kier molecular flexibility index (Phi) is 7.12. The Balaban J connectivity index is 3.53. The molecule has 0 spiro atoms. The zero-order valence-electron chi connectivity index (χ0n) is 14.1. The van der Waals surface area contributed by atoms with E-state index in [1.54, 1.807) is 5.56 Å². The van der Waals surface area contributed by atoms with Crippen LogP contribution in [-0.4, -0.2) is 5.11 Å². The van der Waals surface area contributed by atoms with E-state index in [1.165, 1.54) is 23.1 Å². The summed E-state index contributed by atoms with van der Waals surface area (Å²) in [5.41, 5.74) is 6.81. The van der Waals surface area contributed by atoms with E-state index in [-0.39, 0.29) is 0 Å². The van der Waals surface area contributed by atoms with Crippen LogP contribution in [0.15, 0.2) is 0 Å². The van der Waals surface area contributed by atoms with Crippen LogP contribution in [0.5, 0.6) is 5.75 Å². The Morgan fingerprint density at radius 1 is 0.600 bits per heavy atom. The summed E-state index contributed by atoms with van der Waals surface area (Å²) in [6.45, 7) is 11.0. The van der Waals surface area contributed by atoms with Crippen LogP contribution in [0.3, 0.4) is 0 Å². The molecule has 0 unspecified atom stereocenters. The quantitative estimate of drug-likeness (QED) is 0.663. The monoisotopic (exact) mass is 276 g/mol. The van der Waals surface area contributed by atoms with Crippen molar-refractivity contribution in [2.24, 2.45) is 0 Å². The third kappa shape index (κ3) is 3.56. The van der Waals surface area contributed by atoms with Crippen LogP contribution in [0.2, 0.25) is 0 Å². The van der Waals surface area contributed by atoms with Crippen LogP contribution >= 0.6 is 0 Å². The SMILES string of the molecule is CCCc1c(C)c(O)c(CCC)c(CCC)c1CCC. The molecule has 114 valence electrons. The second kappa shape index (κ2) is 8.34. The highest BCUT2D eigenvalue weighted by atomic mass is 16.3. The second-order valence-electron chi connectivity index (χ2n) is 5.89. The third-order valence-electron chi connectivity index (χ3n) is 4.19. The van der Waals surface area contributed by atoms with E-state index in [1.807, 2.05) is 0 Å². The summed E-state index contributed by atoms with van der Waals surface area (Å²) in [5, 5.41) is 10.6. The van der Waals surface area contributed by atoms with Crippen LogP contribution in [0.1, 0.15) is 81.2 Å². The fraction of sp³-hybridized carbons (Fsp3) is 0.684. The number of aromatic hydroxyl groups is 1. The van der Waals surface area contributed by atoms with Crippen LogP contribution < -0.4 is 0 Å². The summed E-state index contributed by atoms with van der Waals surface area (Å²) in [7, 11) is 0. The molecule has 0 heterocycles. The number of phenolic OH excluding ortho intramolecular Hbond substituents is 1. The standard InChI is InChI=1S/C19H32O/c1-6-10-15-14(5)19(20)18(13-9-4)17(12-8-3)16(15)11-7-2/h20H,6-13H2,1-5H3. The fourth-order valence-electron chi connectivity index (χ4n) is 3.31. The highest BCUT2D eigenvalue weighted by molar-refractivity contribution is 5.55. The number of rotatable bonds is 8. The summed E-state index contributed by atoms with van der Waals surface area (Å²) in [5.74, 6) is 0.582. The minimum atomic E-state index is 0.582. The van der Waals surface area contributed by atoms with Gasteiger partial charge in [0, 0.05) is 0 Å². The van der Waals surface area contributed by atoms with Gasteiger partial charge in [-0.2, -0.15) is 0 Å². The van der Waals surface area contributed by atoms with Gasteiger partial charge in [-0.1, -0.05) is 53.4 Å². The molecule has 0 saturated carbocycles. The Labute approximate surface area is 125 Å². The Morgan fingerprint density at radius 3 is 1.40 bits per heavy atom. The molecule has 0 radical (unpaired) electrons. The predicted molar refractivity (Wildman–Crippen MR) is 88.8 cm³/mol. The van der Waals surface area contributed by atoms with Gasteiger partial charge in [0.1, 0.15) is 5.75 Å². The number of benzene rings is 1. The first-order valence-corrected chi connectivity index (χ1v) is 8.47. The third-order valence-corrected chi connectivity index (χ3v) is 4.19. The molecule has 0 fully saturated rings. The fourth-order valence-corrected chi connectivity index (χ4v) is 3.31. The molecule has 1 aromatic carbocycles. The highest BCUT2D eigenvalue weighted by Crippen LogP contribution is 2.36. The lowest BCUT2D eigenvalue weighted by Crippen LogP contribution is -2.08. The van der Waals surface area contributed by atoms with Crippen molar-refractivity contribution in [2.75, 3.05) is 0 Å². The molecule has 0 saturated heterocycles. The minimum Gasteiger partial charge on any atom is -0.507 e. The molecule has 1 rings (SSSR count). The van der Waals surface area contributed by atoms with Gasteiger partial charge in [-0.05, 0) is 60.4 Å². The van der Waals surface area contributed by atoms with Gasteiger partial charge in [-0.25, -0.2) is 0 Å².